The van der Waals surface area contributed by atoms with Gasteiger partial charge in [0.2, 0.25) is 11.7 Å². The quantitative estimate of drug-likeness (QED) is 0.0813. The van der Waals surface area contributed by atoms with Gasteiger partial charge < -0.3 is 67.7 Å². The number of carbonyl (C=O) groups excluding carboxylic acids is 6. The number of aliphatic hydroxyl groups excluding tert-OH is 1. The maximum absolute atomic E-state index is 14.9. The maximum atomic E-state index is 14.9. The fourth-order valence-electron chi connectivity index (χ4n) is 14.4. The number of piperazine rings is 1. The summed E-state index contributed by atoms with van der Waals surface area (Å²) in [5.74, 6) is -7.02. The van der Waals surface area contributed by atoms with Gasteiger partial charge in [-0.15, -0.1) is 0 Å². The van der Waals surface area contributed by atoms with Crippen LogP contribution in [0.4, 0.5) is 10.5 Å². The van der Waals surface area contributed by atoms with Crippen molar-refractivity contribution in [1.29, 1.82) is 0 Å². The fourth-order valence-corrected chi connectivity index (χ4v) is 14.4. The van der Waals surface area contributed by atoms with E-state index in [4.69, 9.17) is 37.9 Å². The number of nitrogens with zero attached hydrogens (tertiary/aromatic N) is 4. The summed E-state index contributed by atoms with van der Waals surface area (Å²) < 4.78 is 48.5. The van der Waals surface area contributed by atoms with Crippen LogP contribution in [0.3, 0.4) is 0 Å². The molecule has 91 heavy (non-hydrogen) atoms. The number of anilines is 1. The van der Waals surface area contributed by atoms with E-state index < -0.39 is 90.2 Å². The molecule has 20 nitrogen and oxygen atoms in total. The van der Waals surface area contributed by atoms with Gasteiger partial charge in [-0.1, -0.05) is 77.1 Å². The molecule has 5 heterocycles. The number of allylic oxidation sites excluding steroid dienone is 5. The maximum Gasteiger partial charge on any atom is 0.410 e. The first-order valence-electron chi connectivity index (χ1n) is 33.7. The molecule has 1 aliphatic carbocycles. The van der Waals surface area contributed by atoms with Gasteiger partial charge in [-0.2, -0.15) is 0 Å². The van der Waals surface area contributed by atoms with Crippen LogP contribution in [0.25, 0.3) is 0 Å². The lowest BCUT2D eigenvalue weighted by Crippen LogP contribution is -2.61. The molecule has 16 atom stereocenters. The molecule has 5 aliphatic heterocycles. The second-order valence-corrected chi connectivity index (χ2v) is 26.8. The van der Waals surface area contributed by atoms with Crippen molar-refractivity contribution in [3.8, 4) is 0 Å². The number of cyclic esters (lactones) is 1. The number of aliphatic hydroxyl groups is 2. The van der Waals surface area contributed by atoms with Gasteiger partial charge in [-0.25, -0.2) is 9.59 Å². The Hall–Kier alpha value is -5.32. The molecule has 2 N–H and O–H groups in total. The number of carbonyl (C=O) groups is 6. The van der Waals surface area contributed by atoms with Crippen LogP contribution in [-0.4, -0.2) is 202 Å². The average molecular weight is 1270 g/mol. The molecule has 4 fully saturated rings. The molecule has 508 valence electrons. The van der Waals surface area contributed by atoms with Gasteiger partial charge in [-0.05, 0) is 144 Å². The third kappa shape index (κ3) is 19.2. The summed E-state index contributed by atoms with van der Waals surface area (Å²) in [4.78, 5) is 92.0. The average Bonchev–Trinajstić information content (AvgIpc) is 0.992. The lowest BCUT2D eigenvalue weighted by molar-refractivity contribution is -0.265. The molecule has 0 radical (unpaired) electrons. The smallest absolute Gasteiger partial charge is 0.410 e. The Morgan fingerprint density at radius 2 is 1.52 bits per heavy atom. The predicted molar refractivity (Wildman–Crippen MR) is 346 cm³/mol. The Balaban J connectivity index is 1.06. The van der Waals surface area contributed by atoms with Gasteiger partial charge in [0, 0.05) is 117 Å². The zero-order chi connectivity index (χ0) is 66.1. The van der Waals surface area contributed by atoms with Crippen LogP contribution < -0.4 is 4.90 Å². The molecule has 1 aromatic carbocycles. The molecule has 0 spiro atoms. The number of ketones is 2. The molecule has 1 saturated carbocycles. The minimum Gasteiger partial charge on any atom is -0.460 e. The number of fused-ring (bicyclic) bond motifs is 4. The largest absolute Gasteiger partial charge is 0.460 e. The Morgan fingerprint density at radius 1 is 0.769 bits per heavy atom. The van der Waals surface area contributed by atoms with Gasteiger partial charge in [0.05, 0.1) is 37.4 Å². The van der Waals surface area contributed by atoms with Gasteiger partial charge in [0.25, 0.3) is 11.7 Å². The molecule has 0 unspecified atom stereocenters. The summed E-state index contributed by atoms with van der Waals surface area (Å²) in [6.45, 7) is 20.0. The van der Waals surface area contributed by atoms with E-state index in [2.05, 4.69) is 23.1 Å². The van der Waals surface area contributed by atoms with Crippen LogP contribution in [0, 0.1) is 35.5 Å². The van der Waals surface area contributed by atoms with E-state index in [0.717, 1.165) is 29.9 Å². The molecule has 3 saturated heterocycles. The van der Waals surface area contributed by atoms with Crippen LogP contribution >= 0.6 is 0 Å². The molecule has 1 aromatic rings. The number of esters is 1. The van der Waals surface area contributed by atoms with E-state index >= 15 is 0 Å². The Labute approximate surface area is 541 Å². The highest BCUT2D eigenvalue weighted by Gasteiger charge is 2.53. The second-order valence-electron chi connectivity index (χ2n) is 26.8. The van der Waals surface area contributed by atoms with E-state index in [-0.39, 0.29) is 60.8 Å². The summed E-state index contributed by atoms with van der Waals surface area (Å²) in [6.07, 6.45) is 12.4. The highest BCUT2D eigenvalue weighted by Crippen LogP contribution is 2.39. The van der Waals surface area contributed by atoms with E-state index in [9.17, 15) is 39.0 Å². The number of benzene rings is 1. The van der Waals surface area contributed by atoms with Gasteiger partial charge >= 0.3 is 12.1 Å². The van der Waals surface area contributed by atoms with E-state index in [1.54, 1.807) is 40.1 Å². The van der Waals surface area contributed by atoms with Crippen molar-refractivity contribution >= 4 is 41.1 Å². The topological polar surface area (TPSA) is 230 Å². The lowest BCUT2D eigenvalue weighted by atomic mass is 9.78. The number of hydrogen-bond donors (Lipinski definition) is 2. The standard InChI is InChI=1S/C71H108N4O16/c1-13-88-36-29-63(76)73-34-32-72(33-35-73)55-25-24-54-44-74(31-28-53(54)41-55)70(82)90-58-27-23-52(40-62(58)86-11)39-48(5)61-43-60(85-10)47(4)38-50(7)65(78)66(87-12)64(77)49(6)37-45(2)19-15-14-16-20-46(3)59(84-9)42-56-26-22-51(8)71(83,91-56)67(79)68(80)75-30-18-17-21-57(75)69(81)89-61/h14-16,19-20,24-25,38,41,45,47-49,51-52,56-62,65-66,78,83H,13,17-18,21-23,26-37,39-40,42-44H2,1-12H3/b16-14+,19-15+,46-20+,50-38+/t45-,47-,48-,49-,51-,52+,56+,57+,58-,59+,60-,61+,62-,65-,66+,71-/m1/s1. The third-order valence-electron chi connectivity index (χ3n) is 20.3. The number of rotatable bonds is 13. The van der Waals surface area contributed by atoms with Crippen molar-refractivity contribution in [3.05, 3.63) is 76.9 Å². The normalized spacial score (nSPS) is 34.7. The van der Waals surface area contributed by atoms with E-state index in [1.165, 1.54) is 17.6 Å². The van der Waals surface area contributed by atoms with E-state index in [1.807, 2.05) is 82.9 Å². The molecule has 3 amide bonds. The predicted octanol–water partition coefficient (Wildman–Crippen LogP) is 8.90. The molecule has 7 rings (SSSR count). The summed E-state index contributed by atoms with van der Waals surface area (Å²) in [7, 11) is 6.23. The summed E-state index contributed by atoms with van der Waals surface area (Å²) >= 11 is 0. The molecule has 2 bridgehead atoms. The minimum absolute atomic E-state index is 0.0215. The third-order valence-corrected chi connectivity index (χ3v) is 20.3. The monoisotopic (exact) mass is 1270 g/mol. The van der Waals surface area contributed by atoms with Crippen molar-refractivity contribution in [3.63, 3.8) is 0 Å². The first-order valence-corrected chi connectivity index (χ1v) is 33.7. The number of hydrogen-bond acceptors (Lipinski definition) is 17. The van der Waals surface area contributed by atoms with Crippen molar-refractivity contribution in [1.82, 2.24) is 14.7 Å². The fraction of sp³-hybridized carbons (Fsp3) is 0.718. The summed E-state index contributed by atoms with van der Waals surface area (Å²) in [6, 6.07) is 5.29. The molecule has 20 heteroatoms. The summed E-state index contributed by atoms with van der Waals surface area (Å²) in [5.41, 5.74) is 4.78. The van der Waals surface area contributed by atoms with Gasteiger partial charge in [-0.3, -0.25) is 19.2 Å². The molecular formula is C71H108N4O16. The number of amides is 3. The van der Waals surface area contributed by atoms with Crippen molar-refractivity contribution < 1.29 is 76.9 Å². The van der Waals surface area contributed by atoms with Gasteiger partial charge in [0.15, 0.2) is 5.78 Å². The summed E-state index contributed by atoms with van der Waals surface area (Å²) in [5, 5.41) is 24.0. The van der Waals surface area contributed by atoms with Crippen molar-refractivity contribution in [2.45, 2.75) is 212 Å². The number of Topliss-reactive ketones (excluding diaryl/α,β-unsaturated/α-hetero) is 2. The minimum atomic E-state index is -2.44. The zero-order valence-electron chi connectivity index (χ0n) is 56.5. The van der Waals surface area contributed by atoms with E-state index in [0.29, 0.717) is 122 Å². The number of piperidine rings is 1. The highest BCUT2D eigenvalue weighted by atomic mass is 16.6. The Morgan fingerprint density at radius 3 is 2.22 bits per heavy atom. The zero-order valence-corrected chi connectivity index (χ0v) is 56.5. The molecule has 6 aliphatic rings. The number of methoxy groups -OCH3 is 4. The van der Waals surface area contributed by atoms with Gasteiger partial charge in [0.1, 0.15) is 30.5 Å². The highest BCUT2D eigenvalue weighted by molar-refractivity contribution is 6.39. The molecular weight excluding hydrogens is 1160 g/mol. The van der Waals surface area contributed by atoms with Crippen LogP contribution in [-0.2, 0) is 74.8 Å². The van der Waals surface area contributed by atoms with Crippen LogP contribution in [0.5, 0.6) is 0 Å². The van der Waals surface area contributed by atoms with Crippen LogP contribution in [0.2, 0.25) is 0 Å². The second kappa shape index (κ2) is 34.7. The molecule has 0 aromatic heterocycles. The van der Waals surface area contributed by atoms with Crippen LogP contribution in [0.15, 0.2) is 65.8 Å². The van der Waals surface area contributed by atoms with Crippen LogP contribution in [0.1, 0.15) is 150 Å². The Kier molecular flexibility index (Phi) is 27.9. The lowest BCUT2D eigenvalue weighted by Gasteiger charge is -2.43. The Bertz CT molecular complexity index is 2720. The number of ether oxygens (including phenoxy) is 8. The first kappa shape index (κ1) is 73.1. The first-order chi connectivity index (χ1) is 43.5. The van der Waals surface area contributed by atoms with Crippen molar-refractivity contribution in [2.24, 2.45) is 35.5 Å². The van der Waals surface area contributed by atoms with Crippen molar-refractivity contribution in [2.75, 3.05) is 85.8 Å². The SMILES string of the molecule is CCOCCC(=O)N1CCN(c2ccc3c(c2)CCN(C(=O)O[C@@H]2CC[C@@H](C[C@@H](C)[C@@H]4C[C@@H](OC)[C@H](C)/C=C(\C)[C@@H](O)[C@@H](OC)C(=O)[C@H](C)C[C@H](C)/C=C/C=C/C=C(\C)[C@@H](OC)C[C@@H]5CC[C@@H](C)[C@@](O)(O5)C(=O)C(=O)N5CCCC[C@H]5C(=O)O4)C[C@H]2OC)C3)CC1.